The molecule has 0 amide bonds. The fraction of sp³-hybridized carbons (Fsp3) is 0.375. The number of methoxy groups -OCH3 is 1. The molecule has 112 valence electrons. The van der Waals surface area contributed by atoms with Gasteiger partial charge in [-0.2, -0.15) is 0 Å². The molecule has 0 saturated carbocycles. The average Bonchev–Trinajstić information content (AvgIpc) is 2.45. The maximum absolute atomic E-state index is 6.02. The number of benzene rings is 1. The third kappa shape index (κ3) is 4.99. The fourth-order valence-corrected chi connectivity index (χ4v) is 2.24. The van der Waals surface area contributed by atoms with Gasteiger partial charge in [-0.3, -0.25) is 0 Å². The van der Waals surface area contributed by atoms with Crippen molar-refractivity contribution in [1.29, 1.82) is 0 Å². The smallest absolute Gasteiger partial charge is 0.135 e. The van der Waals surface area contributed by atoms with Crippen molar-refractivity contribution in [3.63, 3.8) is 0 Å². The number of anilines is 1. The Morgan fingerprint density at radius 3 is 2.81 bits per heavy atom. The monoisotopic (exact) mass is 305 g/mol. The Morgan fingerprint density at radius 1 is 1.24 bits per heavy atom. The van der Waals surface area contributed by atoms with Crippen molar-refractivity contribution in [2.24, 2.45) is 0 Å². The lowest BCUT2D eigenvalue weighted by Gasteiger charge is -2.09. The van der Waals surface area contributed by atoms with Gasteiger partial charge in [0.05, 0.1) is 12.3 Å². The Bertz CT molecular complexity index is 589. The number of hydrogen-bond acceptors (Lipinski definition) is 4. The van der Waals surface area contributed by atoms with Crippen LogP contribution in [0.1, 0.15) is 30.4 Å². The van der Waals surface area contributed by atoms with Gasteiger partial charge in [-0.05, 0) is 24.1 Å². The molecular weight excluding hydrogens is 286 g/mol. The minimum absolute atomic E-state index is 0.478. The number of rotatable bonds is 7. The lowest BCUT2D eigenvalue weighted by Crippen LogP contribution is -2.08. The van der Waals surface area contributed by atoms with Gasteiger partial charge in [0, 0.05) is 31.2 Å². The number of hydrogen-bond donors (Lipinski definition) is 1. The van der Waals surface area contributed by atoms with Gasteiger partial charge in [0.2, 0.25) is 0 Å². The van der Waals surface area contributed by atoms with Crippen LogP contribution in [0.3, 0.4) is 0 Å². The summed E-state index contributed by atoms with van der Waals surface area (Å²) in [5.41, 5.74) is 1.97. The number of nitrogens with one attached hydrogen (secondary N) is 1. The largest absolute Gasteiger partial charge is 0.378 e. The molecule has 0 aliphatic carbocycles. The highest BCUT2D eigenvalue weighted by Crippen LogP contribution is 2.15. The molecule has 0 atom stereocenters. The molecule has 2 aromatic rings. The van der Waals surface area contributed by atoms with Gasteiger partial charge in [-0.1, -0.05) is 30.7 Å². The van der Waals surface area contributed by atoms with Crippen molar-refractivity contribution in [2.45, 2.75) is 26.4 Å². The van der Waals surface area contributed by atoms with Gasteiger partial charge >= 0.3 is 0 Å². The molecule has 0 aliphatic heterocycles. The molecule has 1 aromatic carbocycles. The zero-order valence-corrected chi connectivity index (χ0v) is 13.2. The van der Waals surface area contributed by atoms with E-state index in [0.29, 0.717) is 13.0 Å². The minimum atomic E-state index is 0.478. The molecule has 0 unspecified atom stereocenters. The zero-order valence-electron chi connectivity index (χ0n) is 12.4. The summed E-state index contributed by atoms with van der Waals surface area (Å²) >= 11 is 6.02. The summed E-state index contributed by atoms with van der Waals surface area (Å²) in [5, 5.41) is 4.02. The van der Waals surface area contributed by atoms with Crippen molar-refractivity contribution in [3.05, 3.63) is 52.4 Å². The number of ether oxygens (including phenoxy) is 1. The third-order valence-corrected chi connectivity index (χ3v) is 3.16. The molecule has 5 heteroatoms. The standard InChI is InChI=1S/C16H20ClN3O/c1-3-7-18-15-10-14(11-21-2)19-16(20-15)9-12-5-4-6-13(17)8-12/h4-6,8,10H,3,7,9,11H2,1-2H3,(H,18,19,20). The fourth-order valence-electron chi connectivity index (χ4n) is 2.03. The van der Waals surface area contributed by atoms with Crippen LogP contribution >= 0.6 is 11.6 Å². The van der Waals surface area contributed by atoms with E-state index in [1.165, 1.54) is 0 Å². The van der Waals surface area contributed by atoms with E-state index in [1.54, 1.807) is 7.11 Å². The molecule has 1 heterocycles. The number of nitrogens with zero attached hydrogens (tertiary/aromatic N) is 2. The quantitative estimate of drug-likeness (QED) is 0.847. The summed E-state index contributed by atoms with van der Waals surface area (Å²) in [6.45, 7) is 3.49. The Labute approximate surface area is 130 Å². The molecule has 21 heavy (non-hydrogen) atoms. The van der Waals surface area contributed by atoms with Crippen molar-refractivity contribution in [2.75, 3.05) is 19.0 Å². The molecule has 0 radical (unpaired) electrons. The van der Waals surface area contributed by atoms with E-state index in [0.717, 1.165) is 40.9 Å². The number of halogens is 1. The van der Waals surface area contributed by atoms with Gasteiger partial charge in [-0.25, -0.2) is 9.97 Å². The molecule has 0 aliphatic rings. The zero-order chi connectivity index (χ0) is 15.1. The highest BCUT2D eigenvalue weighted by atomic mass is 35.5. The van der Waals surface area contributed by atoms with Crippen LogP contribution in [0.25, 0.3) is 0 Å². The molecule has 1 N–H and O–H groups in total. The van der Waals surface area contributed by atoms with E-state index in [2.05, 4.69) is 22.2 Å². The van der Waals surface area contributed by atoms with Crippen LogP contribution in [-0.4, -0.2) is 23.6 Å². The Kier molecular flexibility index (Phi) is 5.96. The summed E-state index contributed by atoms with van der Waals surface area (Å²) in [5.74, 6) is 1.61. The van der Waals surface area contributed by atoms with Gasteiger partial charge in [-0.15, -0.1) is 0 Å². The summed E-state index contributed by atoms with van der Waals surface area (Å²) in [6.07, 6.45) is 1.70. The second kappa shape index (κ2) is 7.96. The highest BCUT2D eigenvalue weighted by molar-refractivity contribution is 6.30. The Morgan fingerprint density at radius 2 is 2.10 bits per heavy atom. The molecule has 0 saturated heterocycles. The summed E-state index contributed by atoms with van der Waals surface area (Å²) in [6, 6.07) is 9.69. The van der Waals surface area contributed by atoms with Gasteiger partial charge < -0.3 is 10.1 Å². The van der Waals surface area contributed by atoms with Crippen LogP contribution in [0, 0.1) is 0 Å². The molecule has 0 spiro atoms. The second-order valence-corrected chi connectivity index (χ2v) is 5.26. The van der Waals surface area contributed by atoms with Crippen LogP contribution in [-0.2, 0) is 17.8 Å². The van der Waals surface area contributed by atoms with Crippen molar-refractivity contribution < 1.29 is 4.74 Å². The van der Waals surface area contributed by atoms with Crippen molar-refractivity contribution in [3.8, 4) is 0 Å². The van der Waals surface area contributed by atoms with Crippen LogP contribution < -0.4 is 5.32 Å². The van der Waals surface area contributed by atoms with Crippen LogP contribution in [0.4, 0.5) is 5.82 Å². The minimum Gasteiger partial charge on any atom is -0.378 e. The normalized spacial score (nSPS) is 10.6. The number of aromatic nitrogens is 2. The summed E-state index contributed by atoms with van der Waals surface area (Å²) < 4.78 is 5.17. The molecule has 0 fully saturated rings. The lowest BCUT2D eigenvalue weighted by molar-refractivity contribution is 0.181. The summed E-state index contributed by atoms with van der Waals surface area (Å²) in [4.78, 5) is 9.09. The first-order chi connectivity index (χ1) is 10.2. The lowest BCUT2D eigenvalue weighted by atomic mass is 10.1. The molecular formula is C16H20ClN3O. The van der Waals surface area contributed by atoms with E-state index in [9.17, 15) is 0 Å². The molecule has 2 rings (SSSR count). The van der Waals surface area contributed by atoms with E-state index in [-0.39, 0.29) is 0 Å². The predicted molar refractivity (Wildman–Crippen MR) is 85.8 cm³/mol. The molecule has 4 nitrogen and oxygen atoms in total. The van der Waals surface area contributed by atoms with Gasteiger partial charge in [0.25, 0.3) is 0 Å². The first-order valence-corrected chi connectivity index (χ1v) is 7.43. The Balaban J connectivity index is 2.22. The van der Waals surface area contributed by atoms with Crippen LogP contribution in [0.2, 0.25) is 5.02 Å². The molecule has 0 bridgehead atoms. The Hall–Kier alpha value is -1.65. The van der Waals surface area contributed by atoms with Gasteiger partial charge in [0.15, 0.2) is 0 Å². The van der Waals surface area contributed by atoms with E-state index >= 15 is 0 Å². The topological polar surface area (TPSA) is 47.0 Å². The third-order valence-electron chi connectivity index (χ3n) is 2.93. The van der Waals surface area contributed by atoms with E-state index in [1.807, 2.05) is 30.3 Å². The van der Waals surface area contributed by atoms with Gasteiger partial charge in [0.1, 0.15) is 11.6 Å². The van der Waals surface area contributed by atoms with Crippen LogP contribution in [0.5, 0.6) is 0 Å². The second-order valence-electron chi connectivity index (χ2n) is 4.83. The molecule has 1 aromatic heterocycles. The van der Waals surface area contributed by atoms with Crippen molar-refractivity contribution >= 4 is 17.4 Å². The van der Waals surface area contributed by atoms with Crippen LogP contribution in [0.15, 0.2) is 30.3 Å². The first-order valence-electron chi connectivity index (χ1n) is 7.05. The highest BCUT2D eigenvalue weighted by Gasteiger charge is 2.06. The van der Waals surface area contributed by atoms with E-state index < -0.39 is 0 Å². The average molecular weight is 306 g/mol. The van der Waals surface area contributed by atoms with E-state index in [4.69, 9.17) is 16.3 Å². The maximum Gasteiger partial charge on any atom is 0.135 e. The first kappa shape index (κ1) is 15.7. The SMILES string of the molecule is CCCNc1cc(COC)nc(Cc2cccc(Cl)c2)n1. The predicted octanol–water partition coefficient (Wildman–Crippen LogP) is 3.69. The van der Waals surface area contributed by atoms with Crippen molar-refractivity contribution in [1.82, 2.24) is 9.97 Å². The summed E-state index contributed by atoms with van der Waals surface area (Å²) in [7, 11) is 1.66. The maximum atomic E-state index is 6.02.